The normalized spacial score (nSPS) is 23.5. The van der Waals surface area contributed by atoms with Gasteiger partial charge in [0.15, 0.2) is 0 Å². The summed E-state index contributed by atoms with van der Waals surface area (Å²) in [5.41, 5.74) is 1.67. The van der Waals surface area contributed by atoms with Crippen LogP contribution in [0.15, 0.2) is 5.51 Å². The van der Waals surface area contributed by atoms with E-state index in [2.05, 4.69) is 24.0 Å². The molecule has 0 saturated carbocycles. The quantitative estimate of drug-likeness (QED) is 0.814. The van der Waals surface area contributed by atoms with Crippen LogP contribution in [0.4, 0.5) is 5.13 Å². The minimum Gasteiger partial charge on any atom is -0.273 e. The molecule has 1 aromatic rings. The number of amides is 1. The van der Waals surface area contributed by atoms with Crippen LogP contribution in [0.2, 0.25) is 0 Å². The molecular formula is C9H13N3OS2. The van der Waals surface area contributed by atoms with Gasteiger partial charge in [-0.2, -0.15) is 0 Å². The molecule has 2 atom stereocenters. The number of aromatic nitrogens is 2. The summed E-state index contributed by atoms with van der Waals surface area (Å²) in [5, 5.41) is 8.73. The van der Waals surface area contributed by atoms with Gasteiger partial charge in [-0.05, 0) is 5.92 Å². The molecule has 0 spiro atoms. The predicted molar refractivity (Wildman–Crippen MR) is 63.1 cm³/mol. The van der Waals surface area contributed by atoms with Crippen molar-refractivity contribution < 1.29 is 4.79 Å². The van der Waals surface area contributed by atoms with E-state index in [9.17, 15) is 4.79 Å². The maximum Gasteiger partial charge on any atom is 0.239 e. The van der Waals surface area contributed by atoms with E-state index in [1.54, 1.807) is 22.2 Å². The third-order valence-corrected chi connectivity index (χ3v) is 4.71. The Hall–Kier alpha value is -0.620. The highest BCUT2D eigenvalue weighted by Gasteiger charge is 2.37. The molecule has 1 saturated heterocycles. The summed E-state index contributed by atoms with van der Waals surface area (Å²) in [7, 11) is 0. The van der Waals surface area contributed by atoms with Gasteiger partial charge < -0.3 is 0 Å². The van der Waals surface area contributed by atoms with Crippen molar-refractivity contribution in [2.45, 2.75) is 25.6 Å². The van der Waals surface area contributed by atoms with E-state index < -0.39 is 0 Å². The third-order valence-electron chi connectivity index (χ3n) is 2.59. The Bertz CT molecular complexity index is 341. The Morgan fingerprint density at radius 2 is 2.53 bits per heavy atom. The lowest BCUT2D eigenvalue weighted by atomic mass is 10.1. The predicted octanol–water partition coefficient (Wildman–Crippen LogP) is 1.99. The van der Waals surface area contributed by atoms with Crippen LogP contribution in [0.25, 0.3) is 0 Å². The van der Waals surface area contributed by atoms with Gasteiger partial charge in [0, 0.05) is 0 Å². The van der Waals surface area contributed by atoms with Gasteiger partial charge in [0.2, 0.25) is 11.0 Å². The monoisotopic (exact) mass is 243 g/mol. The molecular weight excluding hydrogens is 230 g/mol. The van der Waals surface area contributed by atoms with Gasteiger partial charge >= 0.3 is 0 Å². The minimum absolute atomic E-state index is 0.155. The van der Waals surface area contributed by atoms with Gasteiger partial charge in [-0.1, -0.05) is 31.6 Å². The molecule has 0 bridgehead atoms. The Morgan fingerprint density at radius 3 is 3.13 bits per heavy atom. The summed E-state index contributed by atoms with van der Waals surface area (Å²) in [6, 6.07) is 0. The first-order valence-corrected chi connectivity index (χ1v) is 6.86. The van der Waals surface area contributed by atoms with Crippen LogP contribution in [0, 0.1) is 5.92 Å². The van der Waals surface area contributed by atoms with Gasteiger partial charge in [0.25, 0.3) is 0 Å². The zero-order chi connectivity index (χ0) is 10.8. The van der Waals surface area contributed by atoms with E-state index in [1.807, 2.05) is 0 Å². The van der Waals surface area contributed by atoms with E-state index in [1.165, 1.54) is 11.3 Å². The number of carbonyl (C=O) groups is 1. The van der Waals surface area contributed by atoms with Crippen molar-refractivity contribution in [1.29, 1.82) is 0 Å². The van der Waals surface area contributed by atoms with Crippen LogP contribution >= 0.6 is 23.1 Å². The Morgan fingerprint density at radius 1 is 1.73 bits per heavy atom. The van der Waals surface area contributed by atoms with E-state index in [0.29, 0.717) is 11.7 Å². The smallest absolute Gasteiger partial charge is 0.239 e. The van der Waals surface area contributed by atoms with Crippen molar-refractivity contribution >= 4 is 34.1 Å². The molecule has 0 aliphatic carbocycles. The van der Waals surface area contributed by atoms with Crippen LogP contribution in [-0.4, -0.2) is 27.2 Å². The molecule has 82 valence electrons. The van der Waals surface area contributed by atoms with Crippen LogP contribution in [-0.2, 0) is 4.79 Å². The van der Waals surface area contributed by atoms with Crippen LogP contribution in [0.5, 0.6) is 0 Å². The van der Waals surface area contributed by atoms with E-state index in [0.717, 1.165) is 11.6 Å². The molecule has 0 aromatic carbocycles. The lowest BCUT2D eigenvalue weighted by Gasteiger charge is -2.25. The molecule has 0 unspecified atom stereocenters. The second-order valence-electron chi connectivity index (χ2n) is 3.57. The van der Waals surface area contributed by atoms with E-state index >= 15 is 0 Å². The number of hydrogen-bond acceptors (Lipinski definition) is 5. The fraction of sp³-hybridized carbons (Fsp3) is 0.667. The molecule has 1 aromatic heterocycles. The highest BCUT2D eigenvalue weighted by molar-refractivity contribution is 8.01. The summed E-state index contributed by atoms with van der Waals surface area (Å²) in [6.45, 7) is 4.32. The minimum atomic E-state index is 0.155. The van der Waals surface area contributed by atoms with Crippen LogP contribution in [0.3, 0.4) is 0 Å². The molecule has 1 amide bonds. The molecule has 0 radical (unpaired) electrons. The fourth-order valence-electron chi connectivity index (χ4n) is 1.55. The molecule has 6 heteroatoms. The van der Waals surface area contributed by atoms with Crippen molar-refractivity contribution in [3.05, 3.63) is 5.51 Å². The number of hydrogen-bond donors (Lipinski definition) is 0. The standard InChI is InChI=1S/C9H13N3OS2/c1-3-6(2)8-12(7(13)4-14-8)9-11-10-5-15-9/h5-6,8H,3-4H2,1-2H3/t6-,8+/m0/s1. The van der Waals surface area contributed by atoms with Crippen molar-refractivity contribution in [1.82, 2.24) is 10.2 Å². The van der Waals surface area contributed by atoms with Crippen molar-refractivity contribution in [2.75, 3.05) is 10.7 Å². The molecule has 1 aliphatic heterocycles. The molecule has 1 aliphatic rings. The summed E-state index contributed by atoms with van der Waals surface area (Å²) in [4.78, 5) is 13.5. The Kier molecular flexibility index (Phi) is 3.25. The molecule has 15 heavy (non-hydrogen) atoms. The Labute approximate surface area is 97.1 Å². The van der Waals surface area contributed by atoms with Crippen molar-refractivity contribution in [3.63, 3.8) is 0 Å². The topological polar surface area (TPSA) is 46.1 Å². The third kappa shape index (κ3) is 2.01. The average Bonchev–Trinajstić information content (AvgIpc) is 2.85. The van der Waals surface area contributed by atoms with Crippen LogP contribution < -0.4 is 4.90 Å². The molecule has 4 nitrogen and oxygen atoms in total. The number of carbonyl (C=O) groups excluding carboxylic acids is 1. The van der Waals surface area contributed by atoms with Crippen molar-refractivity contribution in [2.24, 2.45) is 5.92 Å². The zero-order valence-electron chi connectivity index (χ0n) is 8.71. The first kappa shape index (κ1) is 10.9. The Balaban J connectivity index is 2.23. The number of rotatable bonds is 3. The molecule has 1 fully saturated rings. The molecule has 2 heterocycles. The van der Waals surface area contributed by atoms with Gasteiger partial charge in [-0.25, -0.2) is 0 Å². The fourth-order valence-corrected chi connectivity index (χ4v) is 3.57. The van der Waals surface area contributed by atoms with Gasteiger partial charge in [-0.15, -0.1) is 22.0 Å². The molecule has 2 rings (SSSR count). The lowest BCUT2D eigenvalue weighted by Crippen LogP contribution is -2.36. The lowest BCUT2D eigenvalue weighted by molar-refractivity contribution is -0.116. The summed E-state index contributed by atoms with van der Waals surface area (Å²) >= 11 is 3.13. The summed E-state index contributed by atoms with van der Waals surface area (Å²) in [5.74, 6) is 1.21. The van der Waals surface area contributed by atoms with Crippen molar-refractivity contribution in [3.8, 4) is 0 Å². The summed E-state index contributed by atoms with van der Waals surface area (Å²) < 4.78 is 0. The second kappa shape index (κ2) is 4.49. The van der Waals surface area contributed by atoms with E-state index in [4.69, 9.17) is 0 Å². The average molecular weight is 243 g/mol. The number of anilines is 1. The summed E-state index contributed by atoms with van der Waals surface area (Å²) in [6.07, 6.45) is 1.07. The van der Waals surface area contributed by atoms with Gasteiger partial charge in [0.1, 0.15) is 5.51 Å². The maximum absolute atomic E-state index is 11.7. The number of thioether (sulfide) groups is 1. The first-order chi connectivity index (χ1) is 7.24. The highest BCUT2D eigenvalue weighted by Crippen LogP contribution is 2.36. The largest absolute Gasteiger partial charge is 0.273 e. The first-order valence-electron chi connectivity index (χ1n) is 4.94. The van der Waals surface area contributed by atoms with Gasteiger partial charge in [0.05, 0.1) is 11.1 Å². The number of nitrogens with zero attached hydrogens (tertiary/aromatic N) is 3. The van der Waals surface area contributed by atoms with Crippen LogP contribution in [0.1, 0.15) is 20.3 Å². The SMILES string of the molecule is CC[C@H](C)[C@H]1SCC(=O)N1c1nncs1. The second-order valence-corrected chi connectivity index (χ2v) is 5.49. The maximum atomic E-state index is 11.7. The molecule has 0 N–H and O–H groups in total. The highest BCUT2D eigenvalue weighted by atomic mass is 32.2. The van der Waals surface area contributed by atoms with E-state index in [-0.39, 0.29) is 11.3 Å². The van der Waals surface area contributed by atoms with Gasteiger partial charge in [-0.3, -0.25) is 9.69 Å². The zero-order valence-corrected chi connectivity index (χ0v) is 10.3.